The fourth-order valence-electron chi connectivity index (χ4n) is 3.34. The molecule has 0 heterocycles. The lowest BCUT2D eigenvalue weighted by molar-refractivity contribution is -0.114. The number of amides is 1. The van der Waals surface area contributed by atoms with E-state index in [2.05, 4.69) is 5.32 Å². The molecule has 0 radical (unpaired) electrons. The van der Waals surface area contributed by atoms with Crippen LogP contribution >= 0.6 is 0 Å². The van der Waals surface area contributed by atoms with Crippen LogP contribution in [0.3, 0.4) is 0 Å². The largest absolute Gasteiger partial charge is 0.493 e. The zero-order chi connectivity index (χ0) is 24.2. The lowest BCUT2D eigenvalue weighted by atomic mass is 10.1. The lowest BCUT2D eigenvalue weighted by Crippen LogP contribution is -2.38. The molecule has 0 aliphatic rings. The van der Waals surface area contributed by atoms with Crippen molar-refractivity contribution < 1.29 is 22.7 Å². The minimum atomic E-state index is -4.09. The minimum absolute atomic E-state index is 0.0136. The maximum atomic E-state index is 13.6. The SMILES string of the molecule is COc1ccc(S(=O)(=O)N(CC(=O)Nc2cccc(C)c2C)c2ccc(C)cc2)cc1OC. The van der Waals surface area contributed by atoms with E-state index in [-0.39, 0.29) is 10.6 Å². The number of hydrogen-bond acceptors (Lipinski definition) is 5. The van der Waals surface area contributed by atoms with Crippen molar-refractivity contribution in [2.75, 3.05) is 30.4 Å². The monoisotopic (exact) mass is 468 g/mol. The van der Waals surface area contributed by atoms with Crippen LogP contribution in [-0.2, 0) is 14.8 Å². The van der Waals surface area contributed by atoms with E-state index >= 15 is 0 Å². The van der Waals surface area contributed by atoms with E-state index < -0.39 is 22.5 Å². The van der Waals surface area contributed by atoms with Crippen molar-refractivity contribution in [3.63, 3.8) is 0 Å². The maximum Gasteiger partial charge on any atom is 0.264 e. The van der Waals surface area contributed by atoms with E-state index in [9.17, 15) is 13.2 Å². The van der Waals surface area contributed by atoms with Gasteiger partial charge in [-0.3, -0.25) is 9.10 Å². The van der Waals surface area contributed by atoms with E-state index in [1.165, 1.54) is 32.4 Å². The molecule has 0 spiro atoms. The van der Waals surface area contributed by atoms with E-state index in [4.69, 9.17) is 9.47 Å². The standard InChI is InChI=1S/C25H28N2O5S/c1-17-9-11-20(12-10-17)27(16-25(28)26-22-8-6-7-18(2)19(22)3)33(29,30)21-13-14-23(31-4)24(15-21)32-5/h6-15H,16H2,1-5H3,(H,26,28). The Labute approximate surface area is 195 Å². The van der Waals surface area contributed by atoms with E-state index in [1.807, 2.05) is 32.9 Å². The minimum Gasteiger partial charge on any atom is -0.493 e. The summed E-state index contributed by atoms with van der Waals surface area (Å²) in [6.45, 7) is 5.37. The molecule has 0 atom stereocenters. The molecule has 0 aliphatic carbocycles. The van der Waals surface area contributed by atoms with Gasteiger partial charge in [-0.1, -0.05) is 29.8 Å². The fraction of sp³-hybridized carbons (Fsp3) is 0.240. The molecule has 0 unspecified atom stereocenters. The number of carbonyl (C=O) groups is 1. The highest BCUT2D eigenvalue weighted by Crippen LogP contribution is 2.32. The van der Waals surface area contributed by atoms with Gasteiger partial charge in [-0.2, -0.15) is 0 Å². The van der Waals surface area contributed by atoms with Crippen molar-refractivity contribution in [1.29, 1.82) is 0 Å². The van der Waals surface area contributed by atoms with Gasteiger partial charge in [0.15, 0.2) is 11.5 Å². The summed E-state index contributed by atoms with van der Waals surface area (Å²) in [6.07, 6.45) is 0. The lowest BCUT2D eigenvalue weighted by Gasteiger charge is -2.25. The van der Waals surface area contributed by atoms with Gasteiger partial charge in [-0.25, -0.2) is 8.42 Å². The van der Waals surface area contributed by atoms with Crippen LogP contribution in [0.2, 0.25) is 0 Å². The van der Waals surface area contributed by atoms with Gasteiger partial charge in [0.1, 0.15) is 6.54 Å². The van der Waals surface area contributed by atoms with Crippen molar-refractivity contribution in [1.82, 2.24) is 0 Å². The molecule has 3 aromatic rings. The molecule has 3 rings (SSSR count). The highest BCUT2D eigenvalue weighted by atomic mass is 32.2. The molecule has 1 N–H and O–H groups in total. The molecule has 174 valence electrons. The normalized spacial score (nSPS) is 11.1. The first-order valence-electron chi connectivity index (χ1n) is 10.3. The molecule has 0 saturated heterocycles. The quantitative estimate of drug-likeness (QED) is 0.528. The third-order valence-electron chi connectivity index (χ3n) is 5.43. The second-order valence-electron chi connectivity index (χ2n) is 7.66. The number of aryl methyl sites for hydroxylation is 2. The van der Waals surface area contributed by atoms with Gasteiger partial charge < -0.3 is 14.8 Å². The number of ether oxygens (including phenoxy) is 2. The van der Waals surface area contributed by atoms with Crippen LogP contribution in [0.25, 0.3) is 0 Å². The van der Waals surface area contributed by atoms with Crippen molar-refractivity contribution in [3.05, 3.63) is 77.4 Å². The highest BCUT2D eigenvalue weighted by Gasteiger charge is 2.28. The zero-order valence-corrected chi connectivity index (χ0v) is 20.2. The first-order valence-corrected chi connectivity index (χ1v) is 11.8. The second kappa shape index (κ2) is 9.95. The molecule has 0 saturated carbocycles. The van der Waals surface area contributed by atoms with Gasteiger partial charge in [-0.15, -0.1) is 0 Å². The van der Waals surface area contributed by atoms with Crippen LogP contribution in [0.4, 0.5) is 11.4 Å². The molecule has 8 heteroatoms. The van der Waals surface area contributed by atoms with Crippen LogP contribution in [0.15, 0.2) is 65.6 Å². The number of benzene rings is 3. The van der Waals surface area contributed by atoms with Crippen molar-refractivity contribution in [3.8, 4) is 11.5 Å². The molecule has 0 fully saturated rings. The highest BCUT2D eigenvalue weighted by molar-refractivity contribution is 7.92. The van der Waals surface area contributed by atoms with Crippen molar-refractivity contribution in [2.24, 2.45) is 0 Å². The Morgan fingerprint density at radius 3 is 2.21 bits per heavy atom. The molecule has 7 nitrogen and oxygen atoms in total. The van der Waals surface area contributed by atoms with Gasteiger partial charge in [0.25, 0.3) is 10.0 Å². The summed E-state index contributed by atoms with van der Waals surface area (Å²) in [6, 6.07) is 16.9. The molecular formula is C25H28N2O5S. The summed E-state index contributed by atoms with van der Waals surface area (Å²) in [4.78, 5) is 13.0. The summed E-state index contributed by atoms with van der Waals surface area (Å²) in [5, 5.41) is 2.84. The van der Waals surface area contributed by atoms with E-state index in [0.717, 1.165) is 21.0 Å². The van der Waals surface area contributed by atoms with Crippen molar-refractivity contribution >= 4 is 27.3 Å². The Bertz CT molecular complexity index is 1250. The number of carbonyl (C=O) groups excluding carboxylic acids is 1. The molecule has 33 heavy (non-hydrogen) atoms. The Morgan fingerprint density at radius 1 is 0.909 bits per heavy atom. The average Bonchev–Trinajstić information content (AvgIpc) is 2.80. The first-order chi connectivity index (χ1) is 15.7. The second-order valence-corrected chi connectivity index (χ2v) is 9.52. The topological polar surface area (TPSA) is 84.9 Å². The van der Waals surface area contributed by atoms with Gasteiger partial charge in [0.2, 0.25) is 5.91 Å². The number of nitrogens with one attached hydrogen (secondary N) is 1. The number of methoxy groups -OCH3 is 2. The smallest absolute Gasteiger partial charge is 0.264 e. The number of sulfonamides is 1. The number of nitrogens with zero attached hydrogens (tertiary/aromatic N) is 1. The third kappa shape index (κ3) is 5.28. The summed E-state index contributed by atoms with van der Waals surface area (Å²) in [5.41, 5.74) is 3.96. The van der Waals surface area contributed by atoms with Crippen LogP contribution in [-0.4, -0.2) is 35.1 Å². The zero-order valence-electron chi connectivity index (χ0n) is 19.4. The predicted octanol–water partition coefficient (Wildman–Crippen LogP) is 4.46. The van der Waals surface area contributed by atoms with E-state index in [1.54, 1.807) is 30.3 Å². The molecule has 3 aromatic carbocycles. The first kappa shape index (κ1) is 24.1. The molecule has 0 bridgehead atoms. The molecule has 1 amide bonds. The Balaban J connectivity index is 2.00. The summed E-state index contributed by atoms with van der Waals surface area (Å²) >= 11 is 0. The average molecular weight is 469 g/mol. The Kier molecular flexibility index (Phi) is 7.28. The van der Waals surface area contributed by atoms with Gasteiger partial charge in [0, 0.05) is 11.8 Å². The Hall–Kier alpha value is -3.52. The van der Waals surface area contributed by atoms with E-state index in [0.29, 0.717) is 17.1 Å². The van der Waals surface area contributed by atoms with Crippen molar-refractivity contribution in [2.45, 2.75) is 25.7 Å². The summed E-state index contributed by atoms with van der Waals surface area (Å²) in [7, 11) is -1.18. The maximum absolute atomic E-state index is 13.6. The van der Waals surface area contributed by atoms with Gasteiger partial charge >= 0.3 is 0 Å². The summed E-state index contributed by atoms with van der Waals surface area (Å²) in [5.74, 6) is 0.238. The fourth-order valence-corrected chi connectivity index (χ4v) is 4.77. The van der Waals surface area contributed by atoms with Crippen LogP contribution in [0, 0.1) is 20.8 Å². The van der Waals surface area contributed by atoms with Crippen LogP contribution < -0.4 is 19.1 Å². The number of hydrogen-bond donors (Lipinski definition) is 1. The molecule has 0 aliphatic heterocycles. The van der Waals surface area contributed by atoms with Crippen LogP contribution in [0.5, 0.6) is 11.5 Å². The summed E-state index contributed by atoms with van der Waals surface area (Å²) < 4.78 is 38.9. The predicted molar refractivity (Wildman–Crippen MR) is 130 cm³/mol. The van der Waals surface area contributed by atoms with Gasteiger partial charge in [0.05, 0.1) is 24.8 Å². The molecular weight excluding hydrogens is 440 g/mol. The van der Waals surface area contributed by atoms with Crippen LogP contribution in [0.1, 0.15) is 16.7 Å². The van der Waals surface area contributed by atoms with Gasteiger partial charge in [-0.05, 0) is 62.2 Å². The number of anilines is 2. The number of rotatable bonds is 8. The third-order valence-corrected chi connectivity index (χ3v) is 7.20. The Morgan fingerprint density at radius 2 is 1.58 bits per heavy atom. The molecule has 0 aromatic heterocycles.